The molecule has 4 nitrogen and oxygen atoms in total. The molecule has 0 aromatic heterocycles. The van der Waals surface area contributed by atoms with Gasteiger partial charge in [-0.05, 0) is 12.8 Å². The van der Waals surface area contributed by atoms with Gasteiger partial charge < -0.3 is 10.2 Å². The smallest absolute Gasteiger partial charge is 0.318 e. The maximum atomic E-state index is 11.7. The molecule has 0 aromatic rings. The van der Waals surface area contributed by atoms with Gasteiger partial charge in [-0.2, -0.15) is 0 Å². The molecule has 0 spiro atoms. The van der Waals surface area contributed by atoms with E-state index in [0.717, 1.165) is 19.3 Å². The van der Waals surface area contributed by atoms with Crippen molar-refractivity contribution < 1.29 is 9.59 Å². The van der Waals surface area contributed by atoms with E-state index >= 15 is 0 Å². The van der Waals surface area contributed by atoms with Crippen molar-refractivity contribution in [1.82, 2.24) is 10.2 Å². The molecule has 76 valence electrons. The Kier molecular flexibility index (Phi) is 1.60. The van der Waals surface area contributed by atoms with Crippen molar-refractivity contribution >= 4 is 11.8 Å². The SMILES string of the molecule is O=C1CCN2C(=O)NC3CCCC1C32. The fourth-order valence-electron chi connectivity index (χ4n) is 3.17. The zero-order chi connectivity index (χ0) is 9.71. The summed E-state index contributed by atoms with van der Waals surface area (Å²) >= 11 is 0. The molecule has 1 saturated carbocycles. The van der Waals surface area contributed by atoms with Crippen LogP contribution in [0.25, 0.3) is 0 Å². The quantitative estimate of drug-likeness (QED) is 0.611. The molecule has 0 radical (unpaired) electrons. The van der Waals surface area contributed by atoms with Crippen LogP contribution in [0.15, 0.2) is 0 Å². The Hall–Kier alpha value is -1.06. The van der Waals surface area contributed by atoms with E-state index in [4.69, 9.17) is 0 Å². The van der Waals surface area contributed by atoms with E-state index in [1.54, 1.807) is 0 Å². The molecule has 2 amide bonds. The predicted molar refractivity (Wildman–Crippen MR) is 49.8 cm³/mol. The minimum absolute atomic E-state index is 0.0411. The van der Waals surface area contributed by atoms with Gasteiger partial charge in [0.15, 0.2) is 0 Å². The maximum absolute atomic E-state index is 11.7. The largest absolute Gasteiger partial charge is 0.333 e. The van der Waals surface area contributed by atoms with Crippen LogP contribution in [0.1, 0.15) is 25.7 Å². The summed E-state index contributed by atoms with van der Waals surface area (Å²) in [4.78, 5) is 25.1. The van der Waals surface area contributed by atoms with Gasteiger partial charge in [-0.15, -0.1) is 0 Å². The van der Waals surface area contributed by atoms with Gasteiger partial charge in [0.05, 0.1) is 12.1 Å². The normalized spacial score (nSPS) is 40.9. The van der Waals surface area contributed by atoms with Crippen LogP contribution in [0.5, 0.6) is 0 Å². The second kappa shape index (κ2) is 2.72. The Labute approximate surface area is 82.6 Å². The van der Waals surface area contributed by atoms with Crippen molar-refractivity contribution in [3.63, 3.8) is 0 Å². The van der Waals surface area contributed by atoms with Crippen molar-refractivity contribution in [1.29, 1.82) is 0 Å². The van der Waals surface area contributed by atoms with Gasteiger partial charge in [-0.3, -0.25) is 4.79 Å². The molecule has 14 heavy (non-hydrogen) atoms. The average Bonchev–Trinajstić information content (AvgIpc) is 2.50. The summed E-state index contributed by atoms with van der Waals surface area (Å²) in [5, 5.41) is 2.98. The number of Topliss-reactive ketones (excluding diaryl/α,β-unsaturated/α-hetero) is 1. The summed E-state index contributed by atoms with van der Waals surface area (Å²) in [5.41, 5.74) is 0. The fraction of sp³-hybridized carbons (Fsp3) is 0.800. The number of carbonyl (C=O) groups excluding carboxylic acids is 2. The lowest BCUT2D eigenvalue weighted by molar-refractivity contribution is -0.128. The zero-order valence-electron chi connectivity index (χ0n) is 8.03. The predicted octanol–water partition coefficient (Wildman–Crippen LogP) is 0.522. The molecule has 1 aliphatic carbocycles. The van der Waals surface area contributed by atoms with Gasteiger partial charge >= 0.3 is 6.03 Å². The minimum atomic E-state index is 0.0411. The van der Waals surface area contributed by atoms with Crippen LogP contribution < -0.4 is 5.32 Å². The highest BCUT2D eigenvalue weighted by molar-refractivity contribution is 5.87. The van der Waals surface area contributed by atoms with Crippen molar-refractivity contribution in [2.45, 2.75) is 37.8 Å². The number of nitrogens with one attached hydrogen (secondary N) is 1. The van der Waals surface area contributed by atoms with Gasteiger partial charge in [-0.25, -0.2) is 4.79 Å². The van der Waals surface area contributed by atoms with E-state index in [1.165, 1.54) is 0 Å². The molecular weight excluding hydrogens is 180 g/mol. The summed E-state index contributed by atoms with van der Waals surface area (Å²) in [7, 11) is 0. The minimum Gasteiger partial charge on any atom is -0.333 e. The Bertz CT molecular complexity index is 300. The van der Waals surface area contributed by atoms with Crippen LogP contribution in [0, 0.1) is 5.92 Å². The summed E-state index contributed by atoms with van der Waals surface area (Å²) in [5.74, 6) is 0.494. The lowest BCUT2D eigenvalue weighted by Gasteiger charge is -2.39. The molecule has 3 unspecified atom stereocenters. The second-order valence-electron chi connectivity index (χ2n) is 4.49. The number of rotatable bonds is 0. The number of ketones is 1. The molecule has 2 aliphatic heterocycles. The van der Waals surface area contributed by atoms with Gasteiger partial charge in [0.2, 0.25) is 0 Å². The first-order chi connectivity index (χ1) is 6.77. The van der Waals surface area contributed by atoms with E-state index < -0.39 is 0 Å². The van der Waals surface area contributed by atoms with Crippen LogP contribution in [0.3, 0.4) is 0 Å². The highest BCUT2D eigenvalue weighted by Crippen LogP contribution is 2.36. The summed E-state index contributed by atoms with van der Waals surface area (Å²) in [6.07, 6.45) is 3.65. The van der Waals surface area contributed by atoms with Gasteiger partial charge in [0, 0.05) is 18.9 Å². The summed E-state index contributed by atoms with van der Waals surface area (Å²) < 4.78 is 0. The van der Waals surface area contributed by atoms with Crippen molar-refractivity contribution in [2.75, 3.05) is 6.54 Å². The highest BCUT2D eigenvalue weighted by atomic mass is 16.2. The molecule has 1 N–H and O–H groups in total. The topological polar surface area (TPSA) is 49.4 Å². The second-order valence-corrected chi connectivity index (χ2v) is 4.49. The number of carbonyl (C=O) groups is 2. The van der Waals surface area contributed by atoms with Gasteiger partial charge in [-0.1, -0.05) is 6.42 Å². The molecule has 0 aromatic carbocycles. The molecule has 3 rings (SSSR count). The van der Waals surface area contributed by atoms with Crippen LogP contribution >= 0.6 is 0 Å². The molecule has 0 bridgehead atoms. The highest BCUT2D eigenvalue weighted by Gasteiger charge is 2.50. The molecule has 2 heterocycles. The van der Waals surface area contributed by atoms with Crippen molar-refractivity contribution in [2.24, 2.45) is 5.92 Å². The van der Waals surface area contributed by atoms with E-state index in [2.05, 4.69) is 5.32 Å². The number of piperidine rings is 1. The lowest BCUT2D eigenvalue weighted by atomic mass is 9.76. The van der Waals surface area contributed by atoms with Gasteiger partial charge in [0.25, 0.3) is 0 Å². The standard InChI is InChI=1S/C10H14N2O2/c13-8-4-5-12-9-6(8)2-1-3-7(9)11-10(12)14/h6-7,9H,1-5H2,(H,11,14). The van der Waals surface area contributed by atoms with E-state index in [1.807, 2.05) is 4.90 Å². The average molecular weight is 194 g/mol. The summed E-state index contributed by atoms with van der Waals surface area (Å²) in [6.45, 7) is 0.627. The molecule has 3 atom stereocenters. The first kappa shape index (κ1) is 8.26. The fourth-order valence-corrected chi connectivity index (χ4v) is 3.17. The van der Waals surface area contributed by atoms with E-state index in [0.29, 0.717) is 18.7 Å². The zero-order valence-corrected chi connectivity index (χ0v) is 8.03. The number of nitrogens with zero attached hydrogens (tertiary/aromatic N) is 1. The lowest BCUT2D eigenvalue weighted by Crippen LogP contribution is -2.52. The molecule has 2 saturated heterocycles. The number of hydrogen-bond acceptors (Lipinski definition) is 2. The third-order valence-electron chi connectivity index (χ3n) is 3.80. The number of hydrogen-bond donors (Lipinski definition) is 1. The molecule has 3 fully saturated rings. The summed E-state index contributed by atoms with van der Waals surface area (Å²) in [6, 6.07) is 0.461. The first-order valence-corrected chi connectivity index (χ1v) is 5.37. The van der Waals surface area contributed by atoms with Crippen molar-refractivity contribution in [3.8, 4) is 0 Å². The van der Waals surface area contributed by atoms with Crippen LogP contribution in [0.2, 0.25) is 0 Å². The first-order valence-electron chi connectivity index (χ1n) is 5.37. The third kappa shape index (κ3) is 0.938. The Balaban J connectivity index is 1.95. The monoisotopic (exact) mass is 194 g/mol. The number of urea groups is 1. The number of amides is 2. The van der Waals surface area contributed by atoms with Crippen LogP contribution in [-0.2, 0) is 4.79 Å². The molecule has 3 aliphatic rings. The third-order valence-corrected chi connectivity index (χ3v) is 3.80. The van der Waals surface area contributed by atoms with Gasteiger partial charge in [0.1, 0.15) is 5.78 Å². The molecule has 4 heteroatoms. The van der Waals surface area contributed by atoms with E-state index in [-0.39, 0.29) is 24.0 Å². The van der Waals surface area contributed by atoms with E-state index in [9.17, 15) is 9.59 Å². The Morgan fingerprint density at radius 3 is 3.00 bits per heavy atom. The Morgan fingerprint density at radius 1 is 1.29 bits per heavy atom. The molecular formula is C10H14N2O2. The Morgan fingerprint density at radius 2 is 2.14 bits per heavy atom. The maximum Gasteiger partial charge on any atom is 0.318 e. The van der Waals surface area contributed by atoms with Crippen LogP contribution in [-0.4, -0.2) is 35.3 Å². The van der Waals surface area contributed by atoms with Crippen LogP contribution in [0.4, 0.5) is 4.79 Å². The van der Waals surface area contributed by atoms with Crippen molar-refractivity contribution in [3.05, 3.63) is 0 Å².